The van der Waals surface area contributed by atoms with Crippen molar-refractivity contribution in [2.45, 2.75) is 0 Å². The van der Waals surface area contributed by atoms with Crippen molar-refractivity contribution in [1.29, 1.82) is 0 Å². The third-order valence-electron chi connectivity index (χ3n) is 2.08. The average molecular weight is 245 g/mol. The average Bonchev–Trinajstić information content (AvgIpc) is 2.53. The first-order valence-corrected chi connectivity index (χ1v) is 5.28. The minimum atomic E-state index is -0.458. The van der Waals surface area contributed by atoms with Gasteiger partial charge in [0.15, 0.2) is 17.9 Å². The largest absolute Gasteiger partial charge is 0.492 e. The predicted octanol–water partition coefficient (Wildman–Crippen LogP) is 3.51. The lowest BCUT2D eigenvalue weighted by atomic mass is 10.2. The molecule has 0 fully saturated rings. The highest BCUT2D eigenvalue weighted by atomic mass is 35.5. The summed E-state index contributed by atoms with van der Waals surface area (Å²) in [4.78, 5) is 10.8. The van der Waals surface area contributed by atoms with E-state index in [1.165, 1.54) is 19.2 Å². The molecule has 0 saturated heterocycles. The van der Waals surface area contributed by atoms with Crippen LogP contribution in [0.5, 0.6) is 5.75 Å². The van der Waals surface area contributed by atoms with Crippen LogP contribution in [0.2, 0.25) is 4.34 Å². The van der Waals surface area contributed by atoms with Crippen molar-refractivity contribution in [3.8, 4) is 5.75 Å². The molecule has 2 nitrogen and oxygen atoms in total. The molecule has 5 heteroatoms. The number of carbonyl (C=O) groups excluding carboxylic acids is 1. The molecule has 0 amide bonds. The first-order valence-electron chi connectivity index (χ1n) is 4.08. The highest BCUT2D eigenvalue weighted by molar-refractivity contribution is 7.23. The standard InChI is InChI=1S/C10H6ClFO2S/c1-14-8-7(12)3-2-5-6(4-13)10(11)15-9(5)8/h2-4H,1H3. The van der Waals surface area contributed by atoms with Crippen LogP contribution < -0.4 is 4.74 Å². The van der Waals surface area contributed by atoms with Crippen LogP contribution >= 0.6 is 22.9 Å². The summed E-state index contributed by atoms with van der Waals surface area (Å²) in [7, 11) is 1.38. The Morgan fingerprint density at radius 2 is 2.27 bits per heavy atom. The summed E-state index contributed by atoms with van der Waals surface area (Å²) in [6.45, 7) is 0. The number of hydrogen-bond donors (Lipinski definition) is 0. The fraction of sp³-hybridized carbons (Fsp3) is 0.100. The summed E-state index contributed by atoms with van der Waals surface area (Å²) >= 11 is 7.00. The molecule has 2 rings (SSSR count). The molecule has 0 N–H and O–H groups in total. The molecule has 0 aliphatic carbocycles. The SMILES string of the molecule is COc1c(F)ccc2c(C=O)c(Cl)sc12. The number of fused-ring (bicyclic) bond motifs is 1. The van der Waals surface area contributed by atoms with Gasteiger partial charge in [-0.25, -0.2) is 4.39 Å². The molecule has 0 saturated carbocycles. The Hall–Kier alpha value is -1.13. The maximum absolute atomic E-state index is 13.3. The van der Waals surface area contributed by atoms with Crippen LogP contribution in [0.3, 0.4) is 0 Å². The molecular formula is C10H6ClFO2S. The Kier molecular flexibility index (Phi) is 2.63. The molecule has 78 valence electrons. The molecule has 1 heterocycles. The molecule has 0 bridgehead atoms. The molecule has 2 aromatic rings. The van der Waals surface area contributed by atoms with Gasteiger partial charge in [-0.1, -0.05) is 11.6 Å². The number of carbonyl (C=O) groups is 1. The van der Waals surface area contributed by atoms with Gasteiger partial charge in [0.1, 0.15) is 4.34 Å². The number of halogens is 2. The van der Waals surface area contributed by atoms with Crippen molar-refractivity contribution in [3.63, 3.8) is 0 Å². The lowest BCUT2D eigenvalue weighted by molar-refractivity contribution is 0.112. The predicted molar refractivity (Wildman–Crippen MR) is 58.7 cm³/mol. The van der Waals surface area contributed by atoms with E-state index >= 15 is 0 Å². The highest BCUT2D eigenvalue weighted by Crippen LogP contribution is 2.40. The first kappa shape index (κ1) is 10.4. The zero-order valence-electron chi connectivity index (χ0n) is 7.71. The second-order valence-electron chi connectivity index (χ2n) is 2.86. The quantitative estimate of drug-likeness (QED) is 0.756. The van der Waals surface area contributed by atoms with Gasteiger partial charge in [-0.3, -0.25) is 4.79 Å². The van der Waals surface area contributed by atoms with Crippen LogP contribution in [-0.4, -0.2) is 13.4 Å². The lowest BCUT2D eigenvalue weighted by Gasteiger charge is -2.02. The Bertz CT molecular complexity index is 536. The van der Waals surface area contributed by atoms with E-state index in [0.717, 1.165) is 11.3 Å². The summed E-state index contributed by atoms with van der Waals surface area (Å²) in [5.41, 5.74) is 0.384. The van der Waals surface area contributed by atoms with Crippen LogP contribution in [-0.2, 0) is 0 Å². The van der Waals surface area contributed by atoms with Gasteiger partial charge >= 0.3 is 0 Å². The van der Waals surface area contributed by atoms with Crippen molar-refractivity contribution in [2.24, 2.45) is 0 Å². The summed E-state index contributed by atoms with van der Waals surface area (Å²) < 4.78 is 19.2. The van der Waals surface area contributed by atoms with Crippen LogP contribution in [0.25, 0.3) is 10.1 Å². The van der Waals surface area contributed by atoms with Gasteiger partial charge in [-0.05, 0) is 12.1 Å². The minimum Gasteiger partial charge on any atom is -0.492 e. The van der Waals surface area contributed by atoms with Crippen LogP contribution in [0.15, 0.2) is 12.1 Å². The van der Waals surface area contributed by atoms with Gasteiger partial charge in [-0.15, -0.1) is 11.3 Å². The third kappa shape index (κ3) is 1.50. The maximum Gasteiger partial charge on any atom is 0.172 e. The van der Waals surface area contributed by atoms with Crippen molar-refractivity contribution >= 4 is 39.3 Å². The minimum absolute atomic E-state index is 0.132. The molecule has 1 aromatic carbocycles. The molecule has 0 aliphatic heterocycles. The van der Waals surface area contributed by atoms with Crippen LogP contribution in [0.1, 0.15) is 10.4 Å². The first-order chi connectivity index (χ1) is 7.19. The van der Waals surface area contributed by atoms with E-state index in [9.17, 15) is 9.18 Å². The summed E-state index contributed by atoms with van der Waals surface area (Å²) in [5.74, 6) is -0.326. The normalized spacial score (nSPS) is 10.6. The Labute approximate surface area is 94.2 Å². The van der Waals surface area contributed by atoms with Crippen LogP contribution in [0.4, 0.5) is 4.39 Å². The number of ether oxygens (including phenoxy) is 1. The van der Waals surface area contributed by atoms with Crippen molar-refractivity contribution in [1.82, 2.24) is 0 Å². The highest BCUT2D eigenvalue weighted by Gasteiger charge is 2.16. The number of rotatable bonds is 2. The Morgan fingerprint density at radius 1 is 1.53 bits per heavy atom. The number of methoxy groups -OCH3 is 1. The van der Waals surface area contributed by atoms with Crippen LogP contribution in [0, 0.1) is 5.82 Å². The molecule has 0 unspecified atom stereocenters. The monoisotopic (exact) mass is 244 g/mol. The molecule has 0 spiro atoms. The number of hydrogen-bond acceptors (Lipinski definition) is 3. The van der Waals surface area contributed by atoms with Gasteiger partial charge in [0.2, 0.25) is 0 Å². The van der Waals surface area contributed by atoms with Gasteiger partial charge in [-0.2, -0.15) is 0 Å². The topological polar surface area (TPSA) is 26.3 Å². The van der Waals surface area contributed by atoms with E-state index in [0.29, 0.717) is 26.3 Å². The lowest BCUT2D eigenvalue weighted by Crippen LogP contribution is -1.87. The molecule has 0 atom stereocenters. The molecule has 0 aliphatic rings. The summed E-state index contributed by atoms with van der Waals surface area (Å²) in [6.07, 6.45) is 0.665. The maximum atomic E-state index is 13.3. The van der Waals surface area contributed by atoms with Gasteiger partial charge < -0.3 is 4.74 Å². The zero-order valence-corrected chi connectivity index (χ0v) is 9.29. The Morgan fingerprint density at radius 3 is 2.87 bits per heavy atom. The summed E-state index contributed by atoms with van der Waals surface area (Å²) in [6, 6.07) is 2.79. The van der Waals surface area contributed by atoms with E-state index in [4.69, 9.17) is 16.3 Å². The second kappa shape index (κ2) is 3.79. The van der Waals surface area contributed by atoms with Gasteiger partial charge in [0.25, 0.3) is 0 Å². The number of aldehydes is 1. The van der Waals surface area contributed by atoms with Crippen molar-refractivity contribution in [2.75, 3.05) is 7.11 Å². The van der Waals surface area contributed by atoms with Gasteiger partial charge in [0, 0.05) is 5.39 Å². The van der Waals surface area contributed by atoms with E-state index < -0.39 is 5.82 Å². The van der Waals surface area contributed by atoms with Crippen molar-refractivity contribution in [3.05, 3.63) is 27.8 Å². The van der Waals surface area contributed by atoms with E-state index in [1.54, 1.807) is 0 Å². The van der Waals surface area contributed by atoms with E-state index in [-0.39, 0.29) is 5.75 Å². The molecule has 15 heavy (non-hydrogen) atoms. The summed E-state index contributed by atoms with van der Waals surface area (Å²) in [5, 5.41) is 0.623. The zero-order chi connectivity index (χ0) is 11.0. The molecule has 1 aromatic heterocycles. The van der Waals surface area contributed by atoms with E-state index in [2.05, 4.69) is 0 Å². The Balaban J connectivity index is 2.89. The number of benzene rings is 1. The number of thiophene rings is 1. The van der Waals surface area contributed by atoms with E-state index in [1.807, 2.05) is 0 Å². The fourth-order valence-electron chi connectivity index (χ4n) is 1.40. The third-order valence-corrected chi connectivity index (χ3v) is 3.52. The second-order valence-corrected chi connectivity index (χ2v) is 4.49. The van der Waals surface area contributed by atoms with Crippen molar-refractivity contribution < 1.29 is 13.9 Å². The molecular weight excluding hydrogens is 239 g/mol. The fourth-order valence-corrected chi connectivity index (χ4v) is 2.79. The smallest absolute Gasteiger partial charge is 0.172 e. The van der Waals surface area contributed by atoms with Gasteiger partial charge in [0.05, 0.1) is 17.4 Å². The molecule has 0 radical (unpaired) electrons.